The molecule has 1 rings (SSSR count). The molecule has 0 aromatic heterocycles. The van der Waals surface area contributed by atoms with E-state index >= 15 is 0 Å². The zero-order valence-corrected chi connectivity index (χ0v) is 16.9. The van der Waals surface area contributed by atoms with Crippen molar-refractivity contribution in [3.8, 4) is 0 Å². The lowest BCUT2D eigenvalue weighted by atomic mass is 10.00. The number of hydrogen-bond acceptors (Lipinski definition) is 4. The minimum atomic E-state index is -3.74. The van der Waals surface area contributed by atoms with E-state index in [9.17, 15) is 16.8 Å². The molecule has 0 spiro atoms. The highest BCUT2D eigenvalue weighted by molar-refractivity contribution is 7.91. The molecule has 0 aliphatic heterocycles. The predicted octanol–water partition coefficient (Wildman–Crippen LogP) is 3.20. The van der Waals surface area contributed by atoms with Gasteiger partial charge in [0.05, 0.1) is 9.79 Å². The van der Waals surface area contributed by atoms with Gasteiger partial charge in [-0.3, -0.25) is 0 Å². The van der Waals surface area contributed by atoms with Crippen molar-refractivity contribution in [2.45, 2.75) is 63.2 Å². The van der Waals surface area contributed by atoms with E-state index in [0.29, 0.717) is 18.0 Å². The molecule has 0 heterocycles. The van der Waals surface area contributed by atoms with Crippen molar-refractivity contribution in [3.05, 3.63) is 23.3 Å². The topological polar surface area (TPSA) is 80.3 Å². The van der Waals surface area contributed by atoms with E-state index in [0.717, 1.165) is 31.9 Å². The largest absolute Gasteiger partial charge is 0.240 e. The van der Waals surface area contributed by atoms with Gasteiger partial charge < -0.3 is 0 Å². The molecule has 24 heavy (non-hydrogen) atoms. The summed E-state index contributed by atoms with van der Waals surface area (Å²) in [5.41, 5.74) is 0.886. The highest BCUT2D eigenvalue weighted by Crippen LogP contribution is 2.25. The number of hydrogen-bond donors (Lipinski definition) is 1. The Balaban J connectivity index is 3.13. The number of benzene rings is 1. The summed E-state index contributed by atoms with van der Waals surface area (Å²) in [6.45, 7) is 7.77. The third-order valence-electron chi connectivity index (χ3n) is 4.25. The van der Waals surface area contributed by atoms with Crippen LogP contribution in [0.25, 0.3) is 0 Å². The second-order valence-corrected chi connectivity index (χ2v) is 10.1. The first kappa shape index (κ1) is 21.1. The Bertz CT molecular complexity index is 768. The number of rotatable bonds is 9. The fraction of sp³-hybridized carbons (Fsp3) is 0.647. The molecule has 0 amide bonds. The molecule has 1 aromatic carbocycles. The van der Waals surface area contributed by atoms with Gasteiger partial charge in [0.25, 0.3) is 0 Å². The normalized spacial score (nSPS) is 13.9. The van der Waals surface area contributed by atoms with E-state index in [-0.39, 0.29) is 15.4 Å². The lowest BCUT2D eigenvalue weighted by Crippen LogP contribution is -2.30. The van der Waals surface area contributed by atoms with Gasteiger partial charge >= 0.3 is 0 Å². The monoisotopic (exact) mass is 375 g/mol. The van der Waals surface area contributed by atoms with Gasteiger partial charge in [0.2, 0.25) is 10.0 Å². The van der Waals surface area contributed by atoms with Crippen LogP contribution in [0.15, 0.2) is 21.9 Å². The van der Waals surface area contributed by atoms with Crippen LogP contribution in [0.4, 0.5) is 0 Å². The quantitative estimate of drug-likeness (QED) is 0.719. The van der Waals surface area contributed by atoms with Gasteiger partial charge in [-0.15, -0.1) is 0 Å². The molecule has 0 bridgehead atoms. The van der Waals surface area contributed by atoms with Crippen molar-refractivity contribution in [2.75, 3.05) is 12.8 Å². The van der Waals surface area contributed by atoms with Crippen LogP contribution in [0.3, 0.4) is 0 Å². The van der Waals surface area contributed by atoms with Gasteiger partial charge in [-0.05, 0) is 49.4 Å². The van der Waals surface area contributed by atoms with E-state index in [4.69, 9.17) is 0 Å². The second-order valence-electron chi connectivity index (χ2n) is 6.43. The minimum Gasteiger partial charge on any atom is -0.224 e. The van der Waals surface area contributed by atoms with Crippen LogP contribution in [-0.2, 0) is 19.9 Å². The Morgan fingerprint density at radius 3 is 2.12 bits per heavy atom. The third-order valence-corrected chi connectivity index (χ3v) is 7.02. The molecular weight excluding hydrogens is 346 g/mol. The number of unbranched alkanes of at least 4 members (excludes halogenated alkanes) is 1. The first-order chi connectivity index (χ1) is 11.0. The summed E-state index contributed by atoms with van der Waals surface area (Å²) in [6, 6.07) is 3.04. The van der Waals surface area contributed by atoms with Crippen molar-refractivity contribution in [1.82, 2.24) is 4.72 Å². The summed E-state index contributed by atoms with van der Waals surface area (Å²) in [5, 5.41) is 0. The molecule has 1 unspecified atom stereocenters. The van der Waals surface area contributed by atoms with Gasteiger partial charge in [0.1, 0.15) is 0 Å². The van der Waals surface area contributed by atoms with Gasteiger partial charge in [-0.25, -0.2) is 21.6 Å². The number of sulfonamides is 1. The fourth-order valence-electron chi connectivity index (χ4n) is 2.71. The number of sulfone groups is 1. The minimum absolute atomic E-state index is 0.0493. The summed E-state index contributed by atoms with van der Waals surface area (Å²) >= 11 is 0. The van der Waals surface area contributed by atoms with Crippen molar-refractivity contribution >= 4 is 19.9 Å². The molecule has 7 heteroatoms. The van der Waals surface area contributed by atoms with Crippen LogP contribution in [0.5, 0.6) is 0 Å². The van der Waals surface area contributed by atoms with Crippen LogP contribution in [0.2, 0.25) is 0 Å². The van der Waals surface area contributed by atoms with Gasteiger partial charge in [-0.2, -0.15) is 0 Å². The third kappa shape index (κ3) is 5.57. The van der Waals surface area contributed by atoms with E-state index in [1.807, 2.05) is 6.92 Å². The zero-order chi connectivity index (χ0) is 18.5. The van der Waals surface area contributed by atoms with E-state index in [2.05, 4.69) is 11.6 Å². The maximum Gasteiger partial charge on any atom is 0.240 e. The number of nitrogens with one attached hydrogen (secondary N) is 1. The van der Waals surface area contributed by atoms with Crippen LogP contribution < -0.4 is 4.72 Å². The summed E-state index contributed by atoms with van der Waals surface area (Å²) in [6.07, 6.45) is 5.14. The maximum atomic E-state index is 12.7. The molecule has 1 atom stereocenters. The van der Waals surface area contributed by atoms with Gasteiger partial charge in [-0.1, -0.05) is 33.1 Å². The van der Waals surface area contributed by atoms with E-state index in [1.165, 1.54) is 12.1 Å². The first-order valence-electron chi connectivity index (χ1n) is 8.33. The Kier molecular flexibility index (Phi) is 7.44. The Morgan fingerprint density at radius 2 is 1.62 bits per heavy atom. The summed E-state index contributed by atoms with van der Waals surface area (Å²) in [7, 11) is -7.22. The van der Waals surface area contributed by atoms with Crippen molar-refractivity contribution < 1.29 is 16.8 Å². The van der Waals surface area contributed by atoms with Gasteiger partial charge in [0, 0.05) is 12.8 Å². The summed E-state index contributed by atoms with van der Waals surface area (Å²) < 4.78 is 51.8. The van der Waals surface area contributed by atoms with Crippen molar-refractivity contribution in [3.63, 3.8) is 0 Å². The van der Waals surface area contributed by atoms with E-state index in [1.54, 1.807) is 13.8 Å². The lowest BCUT2D eigenvalue weighted by molar-refractivity contribution is 0.443. The Hall–Kier alpha value is -0.920. The average Bonchev–Trinajstić information content (AvgIpc) is 2.48. The number of aryl methyl sites for hydroxylation is 1. The molecule has 0 fully saturated rings. The molecule has 0 aliphatic carbocycles. The summed E-state index contributed by atoms with van der Waals surface area (Å²) in [4.78, 5) is 0.120. The van der Waals surface area contributed by atoms with Gasteiger partial charge in [0.15, 0.2) is 9.84 Å². The van der Waals surface area contributed by atoms with Crippen LogP contribution in [0.1, 0.15) is 50.7 Å². The van der Waals surface area contributed by atoms with Crippen LogP contribution in [0, 0.1) is 19.8 Å². The molecular formula is C17H29NO4S2. The molecule has 138 valence electrons. The molecule has 0 radical (unpaired) electrons. The Labute approximate surface area is 146 Å². The average molecular weight is 376 g/mol. The maximum absolute atomic E-state index is 12.7. The zero-order valence-electron chi connectivity index (χ0n) is 15.2. The molecule has 5 nitrogen and oxygen atoms in total. The van der Waals surface area contributed by atoms with Crippen LogP contribution in [-0.4, -0.2) is 29.6 Å². The highest BCUT2D eigenvalue weighted by Gasteiger charge is 2.23. The highest BCUT2D eigenvalue weighted by atomic mass is 32.2. The second kappa shape index (κ2) is 8.45. The molecule has 0 aliphatic rings. The Morgan fingerprint density at radius 1 is 1.04 bits per heavy atom. The SMILES string of the molecule is CCCCC(CC)CNS(=O)(=O)c1cc(C)cc(S(C)(=O)=O)c1C. The lowest BCUT2D eigenvalue weighted by Gasteiger charge is -2.17. The molecule has 0 saturated heterocycles. The van der Waals surface area contributed by atoms with Crippen molar-refractivity contribution in [2.24, 2.45) is 5.92 Å². The molecule has 1 N–H and O–H groups in total. The fourth-order valence-corrected chi connectivity index (χ4v) is 5.30. The van der Waals surface area contributed by atoms with E-state index < -0.39 is 19.9 Å². The predicted molar refractivity (Wildman–Crippen MR) is 97.5 cm³/mol. The molecule has 1 aromatic rings. The standard InChI is InChI=1S/C17H29NO4S2/c1-6-8-9-15(7-2)12-18-24(21,22)17-11-13(3)10-16(14(17)4)23(5,19)20/h10-11,15,18H,6-9,12H2,1-5H3. The molecule has 0 saturated carbocycles. The summed E-state index contributed by atoms with van der Waals surface area (Å²) in [5.74, 6) is 0.291. The first-order valence-corrected chi connectivity index (χ1v) is 11.7. The smallest absolute Gasteiger partial charge is 0.224 e. The van der Waals surface area contributed by atoms with Crippen molar-refractivity contribution in [1.29, 1.82) is 0 Å². The van der Waals surface area contributed by atoms with Crippen LogP contribution >= 0.6 is 0 Å².